The fourth-order valence-electron chi connectivity index (χ4n) is 16.0. The Morgan fingerprint density at radius 3 is 1.54 bits per heavy atom. The van der Waals surface area contributed by atoms with Gasteiger partial charge < -0.3 is 23.5 Å². The van der Waals surface area contributed by atoms with Gasteiger partial charge in [0, 0.05) is 50.3 Å². The maximum atomic E-state index is 7.92. The van der Waals surface area contributed by atoms with Crippen LogP contribution in [0.4, 0.5) is 51.2 Å². The van der Waals surface area contributed by atoms with E-state index in [4.69, 9.17) is 8.83 Å². The molecule has 0 spiro atoms. The van der Waals surface area contributed by atoms with Crippen molar-refractivity contribution in [1.29, 1.82) is 0 Å². The van der Waals surface area contributed by atoms with Crippen LogP contribution in [0.3, 0.4) is 0 Å². The molecular weight excluding hydrogens is 1020 g/mol. The SMILES string of the molecule is CC(C)(C)c1ccc2oc3c(N4c5cc6c(cc5B5c7oc8cc9c(cc8c7N(c7ccc8c(c7)C(C)(C)CCC8(C)C)c7cc(N(c8ccccc8)c8ccccc8)cc4c75)C(C)(C)CCC9(C)C)C(C)(C)CCC6(C)C)cccc3c2c1. The van der Waals surface area contributed by atoms with Gasteiger partial charge in [-0.3, -0.25) is 0 Å². The van der Waals surface area contributed by atoms with Gasteiger partial charge in [0.1, 0.15) is 11.2 Å². The second kappa shape index (κ2) is 17.6. The Kier molecular flexibility index (Phi) is 11.2. The van der Waals surface area contributed by atoms with Gasteiger partial charge in [-0.1, -0.05) is 171 Å². The molecule has 0 radical (unpaired) electrons. The summed E-state index contributed by atoms with van der Waals surface area (Å²) in [5.41, 5.74) is 26.0. The topological polar surface area (TPSA) is 36.0 Å². The Hall–Kier alpha value is -7.44. The van der Waals surface area contributed by atoms with E-state index < -0.39 is 0 Å². The minimum Gasteiger partial charge on any atom is -0.468 e. The smallest absolute Gasteiger partial charge is 0.297 e. The summed E-state index contributed by atoms with van der Waals surface area (Å²) in [7, 11) is 0. The van der Waals surface area contributed by atoms with Crippen molar-refractivity contribution in [3.05, 3.63) is 191 Å². The van der Waals surface area contributed by atoms with E-state index in [9.17, 15) is 0 Å². The Morgan fingerprint density at radius 2 is 0.940 bits per heavy atom. The monoisotopic (exact) mass is 1100 g/mol. The van der Waals surface area contributed by atoms with E-state index in [0.717, 1.165) is 117 Å². The van der Waals surface area contributed by atoms with Crippen molar-refractivity contribution >= 4 is 107 Å². The molecule has 2 aromatic heterocycles. The summed E-state index contributed by atoms with van der Waals surface area (Å²) in [5, 5.41) is 3.44. The molecule has 84 heavy (non-hydrogen) atoms. The van der Waals surface area contributed by atoms with Crippen molar-refractivity contribution in [3.8, 4) is 0 Å². The van der Waals surface area contributed by atoms with Crippen LogP contribution in [-0.4, -0.2) is 6.71 Å². The highest BCUT2D eigenvalue weighted by Crippen LogP contribution is 2.57. The minimum absolute atomic E-state index is 0.00630. The lowest BCUT2D eigenvalue weighted by atomic mass is 9.35. The van der Waals surface area contributed by atoms with Crippen LogP contribution in [0, 0.1) is 0 Å². The first-order chi connectivity index (χ1) is 39.7. The van der Waals surface area contributed by atoms with Crippen molar-refractivity contribution in [3.63, 3.8) is 0 Å². The van der Waals surface area contributed by atoms with Gasteiger partial charge in [0.15, 0.2) is 5.58 Å². The average Bonchev–Trinajstić information content (AvgIpc) is 1.52. The number of anilines is 9. The van der Waals surface area contributed by atoms with Gasteiger partial charge in [-0.05, 0) is 211 Å². The molecule has 6 heteroatoms. The number of para-hydroxylation sites is 3. The van der Waals surface area contributed by atoms with E-state index in [1.807, 2.05) is 0 Å². The highest BCUT2D eigenvalue weighted by Gasteiger charge is 2.51. The van der Waals surface area contributed by atoms with Crippen molar-refractivity contribution in [1.82, 2.24) is 0 Å². The van der Waals surface area contributed by atoms with Crippen molar-refractivity contribution in [2.75, 3.05) is 14.7 Å². The van der Waals surface area contributed by atoms with Crippen LogP contribution in [0.5, 0.6) is 0 Å². The largest absolute Gasteiger partial charge is 0.468 e. The molecule has 8 aromatic carbocycles. The van der Waals surface area contributed by atoms with Crippen LogP contribution in [0.2, 0.25) is 0 Å². The highest BCUT2D eigenvalue weighted by atomic mass is 16.3. The Bertz CT molecular complexity index is 4350. The number of hydrogen-bond donors (Lipinski definition) is 0. The first-order valence-electron chi connectivity index (χ1n) is 31.3. The second-order valence-electron chi connectivity index (χ2n) is 30.9. The lowest BCUT2D eigenvalue weighted by Crippen LogP contribution is -2.61. The maximum absolute atomic E-state index is 7.92. The van der Waals surface area contributed by atoms with E-state index >= 15 is 0 Å². The first kappa shape index (κ1) is 53.3. The van der Waals surface area contributed by atoms with E-state index in [2.05, 4.69) is 270 Å². The summed E-state index contributed by atoms with van der Waals surface area (Å²) in [6, 6.07) is 58.4. The molecule has 15 rings (SSSR count). The number of hydrogen-bond acceptors (Lipinski definition) is 5. The molecule has 10 aromatic rings. The molecule has 0 bridgehead atoms. The molecule has 2 aliphatic heterocycles. The van der Waals surface area contributed by atoms with Crippen LogP contribution in [-0.2, 0) is 37.9 Å². The molecule has 0 amide bonds. The van der Waals surface area contributed by atoms with Crippen molar-refractivity contribution in [2.24, 2.45) is 0 Å². The van der Waals surface area contributed by atoms with Crippen LogP contribution in [0.15, 0.2) is 160 Å². The van der Waals surface area contributed by atoms with E-state index in [0.29, 0.717) is 0 Å². The maximum Gasteiger partial charge on any atom is 0.297 e. The summed E-state index contributed by atoms with van der Waals surface area (Å²) >= 11 is 0. The predicted molar refractivity (Wildman–Crippen MR) is 357 cm³/mol. The van der Waals surface area contributed by atoms with Gasteiger partial charge in [0.2, 0.25) is 0 Å². The Labute approximate surface area is 499 Å². The summed E-state index contributed by atoms with van der Waals surface area (Å²) in [6.45, 7) is 36.2. The summed E-state index contributed by atoms with van der Waals surface area (Å²) in [4.78, 5) is 7.74. The van der Waals surface area contributed by atoms with Crippen molar-refractivity contribution in [2.45, 2.75) is 180 Å². The van der Waals surface area contributed by atoms with Crippen molar-refractivity contribution < 1.29 is 8.83 Å². The molecule has 4 heterocycles. The molecule has 0 unspecified atom stereocenters. The molecular formula is C78H82BN3O2. The van der Waals surface area contributed by atoms with E-state index in [1.54, 1.807) is 0 Å². The molecule has 0 N–H and O–H groups in total. The van der Waals surface area contributed by atoms with Crippen LogP contribution >= 0.6 is 0 Å². The van der Waals surface area contributed by atoms with Gasteiger partial charge in [0.25, 0.3) is 6.71 Å². The summed E-state index contributed by atoms with van der Waals surface area (Å²) in [6.07, 6.45) is 6.74. The lowest BCUT2D eigenvalue weighted by Gasteiger charge is -2.47. The molecule has 3 aliphatic carbocycles. The van der Waals surface area contributed by atoms with Crippen LogP contribution in [0.1, 0.15) is 181 Å². The third-order valence-corrected chi connectivity index (χ3v) is 21.6. The molecule has 424 valence electrons. The third-order valence-electron chi connectivity index (χ3n) is 21.6. The van der Waals surface area contributed by atoms with Crippen LogP contribution in [0.25, 0.3) is 32.9 Å². The second-order valence-corrected chi connectivity index (χ2v) is 30.9. The molecule has 0 saturated carbocycles. The quantitative estimate of drug-likeness (QED) is 0.161. The standard InChI is InChI=1S/C78H82BN3O2/c1-72(2,3)47-29-32-66-53(39-47)52-27-22-28-62(70(52)83-66)82-63-45-59-58(76(10,11)36-37-77(59,12)13)44-61(63)79-68-64(41-51(42-65(68)82)80(48-23-18-16-19-24-48)49-25-20-17-21-26-49)81(50-30-31-55-56(40-50)74(6,7)34-33-73(55,4)5)69-54-43-57-60(46-67(54)84-71(69)79)78(14,15)38-35-75(57,8)9/h16-32,39-46H,33-38H2,1-15H3. The van der Waals surface area contributed by atoms with Crippen LogP contribution < -0.4 is 31.3 Å². The normalized spacial score (nSPS) is 19.1. The van der Waals surface area contributed by atoms with Gasteiger partial charge in [-0.15, -0.1) is 0 Å². The van der Waals surface area contributed by atoms with E-state index in [-0.39, 0.29) is 44.6 Å². The highest BCUT2D eigenvalue weighted by molar-refractivity contribution is 7.00. The zero-order valence-corrected chi connectivity index (χ0v) is 52.4. The molecule has 0 saturated heterocycles. The molecule has 5 aliphatic rings. The number of rotatable bonds is 5. The third kappa shape index (κ3) is 7.79. The minimum atomic E-state index is -0.253. The van der Waals surface area contributed by atoms with Gasteiger partial charge >= 0.3 is 0 Å². The fourth-order valence-corrected chi connectivity index (χ4v) is 16.0. The Balaban J connectivity index is 1.13. The lowest BCUT2D eigenvalue weighted by molar-refractivity contribution is 0.332. The average molecular weight is 1100 g/mol. The molecule has 0 atom stereocenters. The van der Waals surface area contributed by atoms with E-state index in [1.165, 1.54) is 60.9 Å². The zero-order valence-electron chi connectivity index (χ0n) is 52.4. The summed E-state index contributed by atoms with van der Waals surface area (Å²) < 4.78 is 15.2. The van der Waals surface area contributed by atoms with Gasteiger partial charge in [0.05, 0.1) is 22.7 Å². The number of benzene rings is 8. The molecule has 0 fully saturated rings. The fraction of sp³-hybridized carbons (Fsp3) is 0.359. The first-order valence-corrected chi connectivity index (χ1v) is 31.3. The zero-order chi connectivity index (χ0) is 58.6. The van der Waals surface area contributed by atoms with Gasteiger partial charge in [-0.25, -0.2) is 0 Å². The molecule has 5 nitrogen and oxygen atoms in total. The number of fused-ring (bicyclic) bond motifs is 12. The number of nitrogens with zero attached hydrogens (tertiary/aromatic N) is 3. The number of furan rings is 2. The predicted octanol–water partition coefficient (Wildman–Crippen LogP) is 20.2. The summed E-state index contributed by atoms with van der Waals surface area (Å²) in [5.74, 6) is 0. The van der Waals surface area contributed by atoms with Gasteiger partial charge in [-0.2, -0.15) is 0 Å². The Morgan fingerprint density at radius 1 is 0.405 bits per heavy atom.